The van der Waals surface area contributed by atoms with Crippen molar-refractivity contribution in [2.45, 2.75) is 19.4 Å². The quantitative estimate of drug-likeness (QED) is 0.561. The lowest BCUT2D eigenvalue weighted by molar-refractivity contribution is 0.0633. The molecule has 4 nitrogen and oxygen atoms in total. The standard InChI is InChI=1S/C8H17N3O/c1-8(2)6-10(3)4-5-11(8)7(9)12/h4-6H2,1-3H3,(H2,9,12). The molecule has 2 amide bonds. The van der Waals surface area contributed by atoms with Gasteiger partial charge in [-0.05, 0) is 20.9 Å². The molecule has 1 heterocycles. The molecule has 1 rings (SSSR count). The van der Waals surface area contributed by atoms with Gasteiger partial charge in [0.25, 0.3) is 0 Å². The van der Waals surface area contributed by atoms with Gasteiger partial charge in [0.15, 0.2) is 0 Å². The zero-order valence-corrected chi connectivity index (χ0v) is 8.00. The zero-order chi connectivity index (χ0) is 9.35. The SMILES string of the molecule is CN1CCN(C(N)=O)C(C)(C)C1. The zero-order valence-electron chi connectivity index (χ0n) is 8.00. The van der Waals surface area contributed by atoms with Gasteiger partial charge in [-0.15, -0.1) is 0 Å². The Morgan fingerprint density at radius 3 is 2.42 bits per heavy atom. The predicted molar refractivity (Wildman–Crippen MR) is 47.9 cm³/mol. The molecule has 0 spiro atoms. The van der Waals surface area contributed by atoms with E-state index in [-0.39, 0.29) is 11.6 Å². The van der Waals surface area contributed by atoms with Crippen LogP contribution in [0.15, 0.2) is 0 Å². The average molecular weight is 171 g/mol. The Morgan fingerprint density at radius 2 is 2.00 bits per heavy atom. The molecule has 1 saturated heterocycles. The molecule has 1 aliphatic heterocycles. The van der Waals surface area contributed by atoms with E-state index in [2.05, 4.69) is 11.9 Å². The van der Waals surface area contributed by atoms with Crippen LogP contribution in [0.1, 0.15) is 13.8 Å². The van der Waals surface area contributed by atoms with Gasteiger partial charge < -0.3 is 15.5 Å². The number of likely N-dealkylation sites (N-methyl/N-ethyl adjacent to an activating group) is 1. The summed E-state index contributed by atoms with van der Waals surface area (Å²) in [6, 6.07) is -0.312. The van der Waals surface area contributed by atoms with Crippen LogP contribution in [0, 0.1) is 0 Å². The molecular weight excluding hydrogens is 154 g/mol. The van der Waals surface area contributed by atoms with Crippen LogP contribution in [0.25, 0.3) is 0 Å². The van der Waals surface area contributed by atoms with E-state index in [9.17, 15) is 4.79 Å². The first kappa shape index (κ1) is 9.32. The van der Waals surface area contributed by atoms with Crippen molar-refractivity contribution in [3.63, 3.8) is 0 Å². The fourth-order valence-electron chi connectivity index (χ4n) is 1.81. The molecule has 0 aromatic rings. The van der Waals surface area contributed by atoms with Crippen molar-refractivity contribution in [2.75, 3.05) is 26.7 Å². The third-order valence-corrected chi connectivity index (χ3v) is 2.36. The fourth-order valence-corrected chi connectivity index (χ4v) is 1.81. The number of piperazine rings is 1. The van der Waals surface area contributed by atoms with Gasteiger partial charge in [-0.2, -0.15) is 0 Å². The van der Waals surface area contributed by atoms with Gasteiger partial charge in [-0.3, -0.25) is 0 Å². The molecule has 12 heavy (non-hydrogen) atoms. The summed E-state index contributed by atoms with van der Waals surface area (Å²) in [6.07, 6.45) is 0. The van der Waals surface area contributed by atoms with E-state index in [1.54, 1.807) is 4.90 Å². The Bertz CT molecular complexity index is 191. The number of rotatable bonds is 0. The van der Waals surface area contributed by atoms with E-state index in [0.717, 1.165) is 19.6 Å². The van der Waals surface area contributed by atoms with Crippen molar-refractivity contribution in [1.29, 1.82) is 0 Å². The van der Waals surface area contributed by atoms with Crippen LogP contribution in [0.2, 0.25) is 0 Å². The van der Waals surface area contributed by atoms with E-state index in [1.165, 1.54) is 0 Å². The van der Waals surface area contributed by atoms with Gasteiger partial charge >= 0.3 is 6.03 Å². The number of hydrogen-bond acceptors (Lipinski definition) is 2. The van der Waals surface area contributed by atoms with Crippen LogP contribution in [0.5, 0.6) is 0 Å². The van der Waals surface area contributed by atoms with Crippen molar-refractivity contribution in [3.8, 4) is 0 Å². The molecule has 1 fully saturated rings. The summed E-state index contributed by atoms with van der Waals surface area (Å²) in [5, 5.41) is 0. The van der Waals surface area contributed by atoms with Crippen molar-refractivity contribution in [3.05, 3.63) is 0 Å². The topological polar surface area (TPSA) is 49.6 Å². The van der Waals surface area contributed by atoms with E-state index in [0.29, 0.717) is 0 Å². The highest BCUT2D eigenvalue weighted by Gasteiger charge is 2.34. The molecular formula is C8H17N3O. The minimum absolute atomic E-state index is 0.126. The largest absolute Gasteiger partial charge is 0.351 e. The first-order valence-corrected chi connectivity index (χ1v) is 4.19. The maximum Gasteiger partial charge on any atom is 0.315 e. The second-order valence-corrected chi connectivity index (χ2v) is 4.04. The fraction of sp³-hybridized carbons (Fsp3) is 0.875. The highest BCUT2D eigenvalue weighted by atomic mass is 16.2. The van der Waals surface area contributed by atoms with Gasteiger partial charge in [0.2, 0.25) is 0 Å². The molecule has 4 heteroatoms. The maximum absolute atomic E-state index is 11.0. The van der Waals surface area contributed by atoms with Crippen LogP contribution >= 0.6 is 0 Å². The van der Waals surface area contributed by atoms with Crippen molar-refractivity contribution in [2.24, 2.45) is 5.73 Å². The Morgan fingerprint density at radius 1 is 1.42 bits per heavy atom. The summed E-state index contributed by atoms with van der Waals surface area (Å²) in [5.41, 5.74) is 5.13. The number of carbonyl (C=O) groups excluding carboxylic acids is 1. The summed E-state index contributed by atoms with van der Waals surface area (Å²) in [6.45, 7) is 6.60. The Hall–Kier alpha value is -0.770. The van der Waals surface area contributed by atoms with Crippen molar-refractivity contribution < 1.29 is 4.79 Å². The molecule has 2 N–H and O–H groups in total. The third kappa shape index (κ3) is 1.69. The molecule has 0 aromatic heterocycles. The lowest BCUT2D eigenvalue weighted by Crippen LogP contribution is -2.61. The summed E-state index contributed by atoms with van der Waals surface area (Å²) in [7, 11) is 2.06. The number of nitrogens with zero attached hydrogens (tertiary/aromatic N) is 2. The van der Waals surface area contributed by atoms with Crippen molar-refractivity contribution >= 4 is 6.03 Å². The van der Waals surface area contributed by atoms with Crippen molar-refractivity contribution in [1.82, 2.24) is 9.80 Å². The van der Waals surface area contributed by atoms with Gasteiger partial charge in [0.1, 0.15) is 0 Å². The summed E-state index contributed by atoms with van der Waals surface area (Å²) < 4.78 is 0. The molecule has 0 aliphatic carbocycles. The maximum atomic E-state index is 11.0. The second kappa shape index (κ2) is 2.94. The summed E-state index contributed by atoms with van der Waals surface area (Å²) in [4.78, 5) is 14.9. The Labute approximate surface area is 73.3 Å². The van der Waals surface area contributed by atoms with E-state index < -0.39 is 0 Å². The minimum atomic E-state index is -0.312. The number of hydrogen-bond donors (Lipinski definition) is 1. The number of urea groups is 1. The number of carbonyl (C=O) groups is 1. The lowest BCUT2D eigenvalue weighted by atomic mass is 10.00. The summed E-state index contributed by atoms with van der Waals surface area (Å²) in [5.74, 6) is 0. The second-order valence-electron chi connectivity index (χ2n) is 4.04. The lowest BCUT2D eigenvalue weighted by Gasteiger charge is -2.45. The molecule has 0 atom stereocenters. The third-order valence-electron chi connectivity index (χ3n) is 2.36. The van der Waals surface area contributed by atoms with Gasteiger partial charge in [-0.1, -0.05) is 0 Å². The summed E-state index contributed by atoms with van der Waals surface area (Å²) >= 11 is 0. The first-order valence-electron chi connectivity index (χ1n) is 4.19. The van der Waals surface area contributed by atoms with E-state index in [1.807, 2.05) is 13.8 Å². The monoisotopic (exact) mass is 171 g/mol. The van der Waals surface area contributed by atoms with Gasteiger partial charge in [0, 0.05) is 19.6 Å². The normalized spacial score (nSPS) is 24.1. The minimum Gasteiger partial charge on any atom is -0.351 e. The number of primary amides is 1. The van der Waals surface area contributed by atoms with Crippen LogP contribution in [0.4, 0.5) is 4.79 Å². The predicted octanol–water partition coefficient (Wildman–Crippen LogP) is 0.0911. The highest BCUT2D eigenvalue weighted by molar-refractivity contribution is 5.73. The Kier molecular flexibility index (Phi) is 2.28. The molecule has 0 saturated carbocycles. The smallest absolute Gasteiger partial charge is 0.315 e. The average Bonchev–Trinajstić information content (AvgIpc) is 1.82. The molecule has 0 aromatic carbocycles. The molecule has 0 bridgehead atoms. The van der Waals surface area contributed by atoms with Crippen LogP contribution < -0.4 is 5.73 Å². The molecule has 0 unspecified atom stereocenters. The van der Waals surface area contributed by atoms with Gasteiger partial charge in [0.05, 0.1) is 5.54 Å². The molecule has 70 valence electrons. The molecule has 0 radical (unpaired) electrons. The molecule has 1 aliphatic rings. The Balaban J connectivity index is 2.70. The van der Waals surface area contributed by atoms with Crippen LogP contribution in [-0.4, -0.2) is 48.1 Å². The van der Waals surface area contributed by atoms with Crippen LogP contribution in [-0.2, 0) is 0 Å². The highest BCUT2D eigenvalue weighted by Crippen LogP contribution is 2.18. The number of amides is 2. The van der Waals surface area contributed by atoms with E-state index in [4.69, 9.17) is 5.73 Å². The van der Waals surface area contributed by atoms with Crippen LogP contribution in [0.3, 0.4) is 0 Å². The van der Waals surface area contributed by atoms with Gasteiger partial charge in [-0.25, -0.2) is 4.79 Å². The number of nitrogens with two attached hydrogens (primary N) is 1. The first-order chi connectivity index (χ1) is 5.43. The van der Waals surface area contributed by atoms with E-state index >= 15 is 0 Å².